The third kappa shape index (κ3) is 1.22. The van der Waals surface area contributed by atoms with E-state index in [0.717, 1.165) is 12.8 Å². The number of rotatable bonds is 1. The minimum absolute atomic E-state index is 0.00653. The molecule has 1 unspecified atom stereocenters. The third-order valence-corrected chi connectivity index (χ3v) is 2.35. The first kappa shape index (κ1) is 7.73. The maximum atomic E-state index is 11.4. The van der Waals surface area contributed by atoms with Crippen LogP contribution in [0.4, 0.5) is 0 Å². The number of hydrogen-bond acceptors (Lipinski definition) is 3. The second-order valence-corrected chi connectivity index (χ2v) is 3.58. The van der Waals surface area contributed by atoms with E-state index >= 15 is 0 Å². The number of nitrogens with zero attached hydrogens (tertiary/aromatic N) is 1. The average Bonchev–Trinajstić information content (AvgIpc) is 2.77. The number of imide groups is 1. The summed E-state index contributed by atoms with van der Waals surface area (Å²) in [4.78, 5) is 23.9. The molecule has 1 saturated heterocycles. The maximum Gasteiger partial charge on any atom is 0.232 e. The molecule has 4 heteroatoms. The zero-order valence-corrected chi connectivity index (χ0v) is 6.82. The molecule has 0 aromatic heterocycles. The summed E-state index contributed by atoms with van der Waals surface area (Å²) in [6.07, 6.45) is 2.22. The first-order chi connectivity index (χ1) is 5.68. The molecule has 0 aromatic rings. The van der Waals surface area contributed by atoms with Gasteiger partial charge in [-0.25, -0.2) is 0 Å². The lowest BCUT2D eigenvalue weighted by molar-refractivity contribution is -0.142. The summed E-state index contributed by atoms with van der Waals surface area (Å²) < 4.78 is 0. The van der Waals surface area contributed by atoms with Crippen molar-refractivity contribution in [2.75, 3.05) is 6.54 Å². The summed E-state index contributed by atoms with van der Waals surface area (Å²) in [5.74, 6) is 0.0200. The van der Waals surface area contributed by atoms with E-state index in [4.69, 9.17) is 5.73 Å². The van der Waals surface area contributed by atoms with Crippen LogP contribution in [0, 0.1) is 5.92 Å². The Morgan fingerprint density at radius 2 is 2.17 bits per heavy atom. The van der Waals surface area contributed by atoms with E-state index in [9.17, 15) is 9.59 Å². The molecular formula is C8H12N2O2. The highest BCUT2D eigenvalue weighted by Gasteiger charge is 2.39. The van der Waals surface area contributed by atoms with Crippen LogP contribution < -0.4 is 5.73 Å². The summed E-state index contributed by atoms with van der Waals surface area (Å²) in [5.41, 5.74) is 5.56. The summed E-state index contributed by atoms with van der Waals surface area (Å²) >= 11 is 0. The fraction of sp³-hybridized carbons (Fsp3) is 0.750. The molecule has 4 nitrogen and oxygen atoms in total. The van der Waals surface area contributed by atoms with Crippen LogP contribution >= 0.6 is 0 Å². The Hall–Kier alpha value is -0.900. The molecule has 0 radical (unpaired) electrons. The minimum Gasteiger partial charge on any atom is -0.326 e. The van der Waals surface area contributed by atoms with Crippen LogP contribution in [0.15, 0.2) is 0 Å². The fourth-order valence-electron chi connectivity index (χ4n) is 1.50. The molecule has 1 heterocycles. The monoisotopic (exact) mass is 168 g/mol. The first-order valence-electron chi connectivity index (χ1n) is 4.28. The van der Waals surface area contributed by atoms with Gasteiger partial charge in [0.1, 0.15) is 0 Å². The van der Waals surface area contributed by atoms with Gasteiger partial charge >= 0.3 is 0 Å². The van der Waals surface area contributed by atoms with Gasteiger partial charge in [0.15, 0.2) is 0 Å². The van der Waals surface area contributed by atoms with Crippen LogP contribution in [-0.2, 0) is 9.59 Å². The number of likely N-dealkylation sites (tertiary alicyclic amines) is 1. The van der Waals surface area contributed by atoms with Gasteiger partial charge in [0.2, 0.25) is 11.8 Å². The standard InChI is InChI=1S/C8H12N2O2/c9-6-3-7(11)10(4-6)8(12)5-1-2-5/h5-6H,1-4,9H2. The molecule has 2 N–H and O–H groups in total. The van der Waals surface area contributed by atoms with Crippen molar-refractivity contribution >= 4 is 11.8 Å². The molecule has 2 rings (SSSR count). The van der Waals surface area contributed by atoms with Gasteiger partial charge in [-0.05, 0) is 12.8 Å². The lowest BCUT2D eigenvalue weighted by Crippen LogP contribution is -2.35. The van der Waals surface area contributed by atoms with Gasteiger partial charge in [-0.2, -0.15) is 0 Å². The second kappa shape index (κ2) is 2.55. The number of hydrogen-bond donors (Lipinski definition) is 1. The molecule has 1 aliphatic carbocycles. The van der Waals surface area contributed by atoms with E-state index in [-0.39, 0.29) is 23.8 Å². The molecule has 66 valence electrons. The zero-order valence-electron chi connectivity index (χ0n) is 6.82. The minimum atomic E-state index is -0.139. The molecule has 0 aromatic carbocycles. The lowest BCUT2D eigenvalue weighted by atomic mass is 10.3. The van der Waals surface area contributed by atoms with E-state index in [1.165, 1.54) is 4.90 Å². The Morgan fingerprint density at radius 1 is 1.50 bits per heavy atom. The van der Waals surface area contributed by atoms with Crippen molar-refractivity contribution in [3.8, 4) is 0 Å². The summed E-state index contributed by atoms with van der Waals surface area (Å²) in [5, 5.41) is 0. The molecule has 1 aliphatic heterocycles. The highest BCUT2D eigenvalue weighted by Crippen LogP contribution is 2.32. The predicted molar refractivity (Wildman–Crippen MR) is 42.0 cm³/mol. The van der Waals surface area contributed by atoms with Gasteiger partial charge in [0, 0.05) is 24.9 Å². The van der Waals surface area contributed by atoms with Crippen molar-refractivity contribution < 1.29 is 9.59 Å². The number of carbonyl (C=O) groups excluding carboxylic acids is 2. The van der Waals surface area contributed by atoms with Crippen molar-refractivity contribution in [2.24, 2.45) is 11.7 Å². The van der Waals surface area contributed by atoms with E-state index in [1.807, 2.05) is 0 Å². The molecule has 1 atom stereocenters. The molecule has 12 heavy (non-hydrogen) atoms. The van der Waals surface area contributed by atoms with Gasteiger partial charge in [-0.15, -0.1) is 0 Å². The van der Waals surface area contributed by atoms with Crippen LogP contribution in [0.25, 0.3) is 0 Å². The van der Waals surface area contributed by atoms with Gasteiger partial charge in [0.25, 0.3) is 0 Å². The van der Waals surface area contributed by atoms with Crippen molar-refractivity contribution in [1.82, 2.24) is 4.90 Å². The van der Waals surface area contributed by atoms with Crippen LogP contribution in [0.1, 0.15) is 19.3 Å². The fourth-order valence-corrected chi connectivity index (χ4v) is 1.50. The van der Waals surface area contributed by atoms with E-state index < -0.39 is 0 Å². The number of amides is 2. The number of nitrogens with two attached hydrogens (primary N) is 1. The molecule has 0 spiro atoms. The van der Waals surface area contributed by atoms with Gasteiger partial charge in [-0.1, -0.05) is 0 Å². The van der Waals surface area contributed by atoms with Crippen molar-refractivity contribution in [2.45, 2.75) is 25.3 Å². The highest BCUT2D eigenvalue weighted by molar-refractivity contribution is 5.99. The molecule has 2 amide bonds. The van der Waals surface area contributed by atoms with E-state index in [1.54, 1.807) is 0 Å². The van der Waals surface area contributed by atoms with Gasteiger partial charge < -0.3 is 5.73 Å². The van der Waals surface area contributed by atoms with E-state index in [0.29, 0.717) is 13.0 Å². The smallest absolute Gasteiger partial charge is 0.232 e. The Kier molecular flexibility index (Phi) is 1.65. The summed E-state index contributed by atoms with van der Waals surface area (Å²) in [7, 11) is 0. The predicted octanol–water partition coefficient (Wildman–Crippen LogP) is -0.517. The SMILES string of the molecule is NC1CC(=O)N(C(=O)C2CC2)C1. The maximum absolute atomic E-state index is 11.4. The second-order valence-electron chi connectivity index (χ2n) is 3.58. The molecule has 1 saturated carbocycles. The highest BCUT2D eigenvalue weighted by atomic mass is 16.2. The Balaban J connectivity index is 2.03. The summed E-state index contributed by atoms with van der Waals surface area (Å²) in [6, 6.07) is -0.139. The Morgan fingerprint density at radius 3 is 2.58 bits per heavy atom. The Labute approximate surface area is 70.7 Å². The molecule has 2 fully saturated rings. The lowest BCUT2D eigenvalue weighted by Gasteiger charge is -2.12. The van der Waals surface area contributed by atoms with Gasteiger partial charge in [0.05, 0.1) is 0 Å². The zero-order chi connectivity index (χ0) is 8.72. The van der Waals surface area contributed by atoms with E-state index in [2.05, 4.69) is 0 Å². The topological polar surface area (TPSA) is 63.4 Å². The first-order valence-corrected chi connectivity index (χ1v) is 4.28. The number of carbonyl (C=O) groups is 2. The average molecular weight is 168 g/mol. The van der Waals surface area contributed by atoms with Crippen molar-refractivity contribution in [1.29, 1.82) is 0 Å². The van der Waals surface area contributed by atoms with Crippen LogP contribution in [-0.4, -0.2) is 29.3 Å². The van der Waals surface area contributed by atoms with Crippen molar-refractivity contribution in [3.63, 3.8) is 0 Å². The van der Waals surface area contributed by atoms with Crippen LogP contribution in [0.5, 0.6) is 0 Å². The molecular weight excluding hydrogens is 156 g/mol. The molecule has 0 bridgehead atoms. The quantitative estimate of drug-likeness (QED) is 0.536. The Bertz CT molecular complexity index is 235. The van der Waals surface area contributed by atoms with Crippen LogP contribution in [0.3, 0.4) is 0 Å². The largest absolute Gasteiger partial charge is 0.326 e. The normalized spacial score (nSPS) is 29.6. The van der Waals surface area contributed by atoms with Crippen LogP contribution in [0.2, 0.25) is 0 Å². The third-order valence-electron chi connectivity index (χ3n) is 2.35. The van der Waals surface area contributed by atoms with Gasteiger partial charge in [-0.3, -0.25) is 14.5 Å². The van der Waals surface area contributed by atoms with Crippen molar-refractivity contribution in [3.05, 3.63) is 0 Å². The molecule has 2 aliphatic rings. The summed E-state index contributed by atoms with van der Waals surface area (Å²) in [6.45, 7) is 0.425.